The van der Waals surface area contributed by atoms with E-state index in [9.17, 15) is 0 Å². The Morgan fingerprint density at radius 1 is 0.250 bits per heavy atom. The summed E-state index contributed by atoms with van der Waals surface area (Å²) in [5, 5.41) is 7.48. The minimum absolute atomic E-state index is 1.09. The lowest BCUT2D eigenvalue weighted by Gasteiger charge is -2.26. The molecular weight excluding hydrogens is 773 g/mol. The van der Waals surface area contributed by atoms with Crippen LogP contribution in [0.25, 0.3) is 93.5 Å². The van der Waals surface area contributed by atoms with Gasteiger partial charge in [-0.2, -0.15) is 0 Å². The van der Waals surface area contributed by atoms with Crippen LogP contribution in [0.1, 0.15) is 0 Å². The summed E-state index contributed by atoms with van der Waals surface area (Å²) < 4.78 is 2.43. The van der Waals surface area contributed by atoms with Crippen molar-refractivity contribution in [2.75, 3.05) is 4.90 Å². The lowest BCUT2D eigenvalue weighted by molar-refractivity contribution is 1.18. The molecule has 0 amide bonds. The monoisotopic (exact) mass is 814 g/mol. The molecule has 2 nitrogen and oxygen atoms in total. The summed E-state index contributed by atoms with van der Waals surface area (Å²) in [6.45, 7) is 0. The van der Waals surface area contributed by atoms with Gasteiger partial charge in [-0.15, -0.1) is 0 Å². The lowest BCUT2D eigenvalue weighted by atomic mass is 9.99. The Kier molecular flexibility index (Phi) is 9.20. The maximum atomic E-state index is 2.43. The summed E-state index contributed by atoms with van der Waals surface area (Å²) in [4.78, 5) is 2.36. The average Bonchev–Trinajstić information content (AvgIpc) is 3.70. The summed E-state index contributed by atoms with van der Waals surface area (Å²) in [5.74, 6) is 0. The molecule has 0 atom stereocenters. The first-order valence-electron chi connectivity index (χ1n) is 22.0. The van der Waals surface area contributed by atoms with E-state index in [0.717, 1.165) is 28.3 Å². The highest BCUT2D eigenvalue weighted by Crippen LogP contribution is 2.41. The van der Waals surface area contributed by atoms with Crippen LogP contribution in [-0.2, 0) is 0 Å². The van der Waals surface area contributed by atoms with Crippen LogP contribution in [0.3, 0.4) is 0 Å². The van der Waals surface area contributed by atoms with Gasteiger partial charge in [0.05, 0.1) is 16.7 Å². The molecule has 0 spiro atoms. The van der Waals surface area contributed by atoms with Crippen LogP contribution in [0.5, 0.6) is 0 Å². The fraction of sp³-hybridized carbons (Fsp3) is 0. The maximum absolute atomic E-state index is 2.43. The number of rotatable bonds is 8. The molecule has 0 aliphatic carbocycles. The summed E-state index contributed by atoms with van der Waals surface area (Å²) in [5.41, 5.74) is 16.4. The topological polar surface area (TPSA) is 8.17 Å². The molecule has 0 N–H and O–H groups in total. The third kappa shape index (κ3) is 6.70. The van der Waals surface area contributed by atoms with Crippen molar-refractivity contribution in [2.45, 2.75) is 0 Å². The van der Waals surface area contributed by atoms with Crippen molar-refractivity contribution in [3.8, 4) is 50.2 Å². The van der Waals surface area contributed by atoms with Crippen molar-refractivity contribution >= 4 is 60.4 Å². The smallest absolute Gasteiger partial charge is 0.0541 e. The van der Waals surface area contributed by atoms with Crippen LogP contribution in [0.2, 0.25) is 0 Å². The third-order valence-corrected chi connectivity index (χ3v) is 12.8. The number of anilines is 3. The fourth-order valence-electron chi connectivity index (χ4n) is 9.54. The van der Waals surface area contributed by atoms with E-state index in [1.165, 1.54) is 82.3 Å². The molecule has 2 heteroatoms. The van der Waals surface area contributed by atoms with Gasteiger partial charge in [0.1, 0.15) is 0 Å². The second-order valence-corrected chi connectivity index (χ2v) is 16.6. The Bertz CT molecular complexity index is 3520. The highest BCUT2D eigenvalue weighted by atomic mass is 15.1. The van der Waals surface area contributed by atoms with E-state index < -0.39 is 0 Å². The van der Waals surface area contributed by atoms with Gasteiger partial charge in [-0.1, -0.05) is 182 Å². The summed E-state index contributed by atoms with van der Waals surface area (Å²) in [7, 11) is 0. The van der Waals surface area contributed by atoms with Crippen molar-refractivity contribution in [2.24, 2.45) is 0 Å². The van der Waals surface area contributed by atoms with Gasteiger partial charge in [-0.05, 0) is 133 Å². The molecule has 12 rings (SSSR count). The van der Waals surface area contributed by atoms with Crippen LogP contribution in [0, 0.1) is 0 Å². The first kappa shape index (κ1) is 37.3. The zero-order valence-corrected chi connectivity index (χ0v) is 35.1. The van der Waals surface area contributed by atoms with Crippen LogP contribution < -0.4 is 4.90 Å². The van der Waals surface area contributed by atoms with Gasteiger partial charge in [0.2, 0.25) is 0 Å². The molecular formula is C62H42N2. The van der Waals surface area contributed by atoms with Crippen LogP contribution in [-0.4, -0.2) is 4.57 Å². The Balaban J connectivity index is 0.935. The first-order chi connectivity index (χ1) is 31.7. The lowest BCUT2D eigenvalue weighted by Crippen LogP contribution is -2.09. The van der Waals surface area contributed by atoms with E-state index in [1.807, 2.05) is 0 Å². The van der Waals surface area contributed by atoms with E-state index in [1.54, 1.807) is 0 Å². The second-order valence-electron chi connectivity index (χ2n) is 16.6. The van der Waals surface area contributed by atoms with E-state index >= 15 is 0 Å². The van der Waals surface area contributed by atoms with Crippen molar-refractivity contribution in [3.63, 3.8) is 0 Å². The van der Waals surface area contributed by atoms with Gasteiger partial charge in [0, 0.05) is 33.4 Å². The average molecular weight is 815 g/mol. The number of hydrogen-bond acceptors (Lipinski definition) is 1. The normalized spacial score (nSPS) is 11.4. The van der Waals surface area contributed by atoms with Crippen molar-refractivity contribution in [1.82, 2.24) is 4.57 Å². The Morgan fingerprint density at radius 3 is 1.28 bits per heavy atom. The van der Waals surface area contributed by atoms with Gasteiger partial charge < -0.3 is 9.47 Å². The van der Waals surface area contributed by atoms with Gasteiger partial charge >= 0.3 is 0 Å². The molecule has 0 fully saturated rings. The Hall–Kier alpha value is -8.46. The highest BCUT2D eigenvalue weighted by molar-refractivity contribution is 6.11. The second kappa shape index (κ2) is 15.8. The number of hydrogen-bond donors (Lipinski definition) is 0. The number of para-hydroxylation sites is 2. The van der Waals surface area contributed by atoms with E-state index in [2.05, 4.69) is 264 Å². The molecule has 12 aromatic rings. The molecule has 0 bridgehead atoms. The molecule has 0 radical (unpaired) electrons. The van der Waals surface area contributed by atoms with Crippen molar-refractivity contribution in [1.29, 1.82) is 0 Å². The molecule has 1 heterocycles. The quantitative estimate of drug-likeness (QED) is 0.148. The standard InChI is InChI=1S/C62H42N2/c1-2-12-43(13-3-1)53-32-39-62-59(42-53)58-19-9-11-21-61(58)64(62)60-20-10-8-18-57(60)48-30-37-56(38-31-48)63(54-33-26-46(27-34-54)51-24-22-44-14-4-6-16-49(44)40-51)55-35-28-47(29-36-55)52-25-23-45-15-5-7-17-50(45)41-52/h1-42H. The van der Waals surface area contributed by atoms with Crippen molar-refractivity contribution < 1.29 is 0 Å². The molecule has 0 saturated carbocycles. The van der Waals surface area contributed by atoms with Gasteiger partial charge in [-0.3, -0.25) is 0 Å². The predicted octanol–water partition coefficient (Wildman–Crippen LogP) is 17.2. The summed E-state index contributed by atoms with van der Waals surface area (Å²) in [6.07, 6.45) is 0. The summed E-state index contributed by atoms with van der Waals surface area (Å²) in [6, 6.07) is 92.7. The molecule has 64 heavy (non-hydrogen) atoms. The Morgan fingerprint density at radius 2 is 0.672 bits per heavy atom. The fourth-order valence-corrected chi connectivity index (χ4v) is 9.54. The zero-order valence-electron chi connectivity index (χ0n) is 35.1. The van der Waals surface area contributed by atoms with E-state index in [0.29, 0.717) is 0 Å². The van der Waals surface area contributed by atoms with Crippen LogP contribution >= 0.6 is 0 Å². The number of nitrogens with zero attached hydrogens (tertiary/aromatic N) is 2. The number of benzene rings is 11. The number of fused-ring (bicyclic) bond motifs is 5. The van der Waals surface area contributed by atoms with Gasteiger partial charge in [0.15, 0.2) is 0 Å². The first-order valence-corrected chi connectivity index (χ1v) is 22.0. The largest absolute Gasteiger partial charge is 0.311 e. The van der Waals surface area contributed by atoms with Crippen LogP contribution in [0.15, 0.2) is 255 Å². The highest BCUT2D eigenvalue weighted by Gasteiger charge is 2.18. The number of aromatic nitrogens is 1. The van der Waals surface area contributed by atoms with Crippen molar-refractivity contribution in [3.05, 3.63) is 255 Å². The Labute approximate surface area is 373 Å². The SMILES string of the molecule is c1ccc(-c2ccc3c(c2)c2ccccc2n3-c2ccccc2-c2ccc(N(c3ccc(-c4ccc5ccccc5c4)cc3)c3ccc(-c4ccc5ccccc5c4)cc3)cc2)cc1. The minimum Gasteiger partial charge on any atom is -0.311 e. The molecule has 0 saturated heterocycles. The molecule has 0 aliphatic heterocycles. The van der Waals surface area contributed by atoms with E-state index in [4.69, 9.17) is 0 Å². The van der Waals surface area contributed by atoms with Crippen LogP contribution in [0.4, 0.5) is 17.1 Å². The molecule has 300 valence electrons. The van der Waals surface area contributed by atoms with Gasteiger partial charge in [-0.25, -0.2) is 0 Å². The summed E-state index contributed by atoms with van der Waals surface area (Å²) >= 11 is 0. The predicted molar refractivity (Wildman–Crippen MR) is 272 cm³/mol. The zero-order chi connectivity index (χ0) is 42.4. The van der Waals surface area contributed by atoms with E-state index in [-0.39, 0.29) is 0 Å². The maximum Gasteiger partial charge on any atom is 0.0541 e. The molecule has 11 aromatic carbocycles. The third-order valence-electron chi connectivity index (χ3n) is 12.8. The molecule has 0 aliphatic rings. The molecule has 1 aromatic heterocycles. The molecule has 0 unspecified atom stereocenters. The van der Waals surface area contributed by atoms with Gasteiger partial charge in [0.25, 0.3) is 0 Å². The minimum atomic E-state index is 1.09.